The molecule has 0 saturated carbocycles. The first-order chi connectivity index (χ1) is 13.7. The molecule has 1 heterocycles. The van der Waals surface area contributed by atoms with Crippen molar-refractivity contribution in [2.75, 3.05) is 32.8 Å². The number of benzene rings is 2. The number of likely N-dealkylation sites (tertiary alicyclic amines) is 1. The van der Waals surface area contributed by atoms with Gasteiger partial charge in [-0.05, 0) is 86.6 Å². The van der Waals surface area contributed by atoms with Crippen LogP contribution in [0.25, 0.3) is 0 Å². The number of nitrogens with two attached hydrogens (primary N) is 1. The van der Waals surface area contributed by atoms with Crippen molar-refractivity contribution in [1.29, 1.82) is 0 Å². The van der Waals surface area contributed by atoms with Crippen LogP contribution in [0.3, 0.4) is 0 Å². The molecule has 2 N–H and O–H groups in total. The van der Waals surface area contributed by atoms with Crippen molar-refractivity contribution < 1.29 is 13.5 Å². The topological polar surface area (TPSA) is 38.5 Å². The molecular formula is C23H30F2N2O. The summed E-state index contributed by atoms with van der Waals surface area (Å²) in [5.74, 6) is 0.0733. The highest BCUT2D eigenvalue weighted by atomic mass is 19.1. The molecule has 3 nitrogen and oxygen atoms in total. The molecule has 0 bridgehead atoms. The van der Waals surface area contributed by atoms with Crippen LogP contribution >= 0.6 is 0 Å². The van der Waals surface area contributed by atoms with Crippen LogP contribution in [-0.2, 0) is 4.74 Å². The quantitative estimate of drug-likeness (QED) is 0.642. The number of piperidine rings is 1. The molecule has 28 heavy (non-hydrogen) atoms. The fraction of sp³-hybridized carbons (Fsp3) is 0.478. The number of ether oxygens (including phenoxy) is 1. The third-order valence-electron chi connectivity index (χ3n) is 5.44. The van der Waals surface area contributed by atoms with Gasteiger partial charge in [0.1, 0.15) is 17.7 Å². The Bertz CT molecular complexity index is 660. The van der Waals surface area contributed by atoms with Gasteiger partial charge in [0.15, 0.2) is 0 Å². The molecule has 0 spiro atoms. The van der Waals surface area contributed by atoms with Crippen LogP contribution in [0.15, 0.2) is 48.5 Å². The van der Waals surface area contributed by atoms with Gasteiger partial charge < -0.3 is 15.4 Å². The average Bonchev–Trinajstić information content (AvgIpc) is 2.73. The molecule has 0 aliphatic carbocycles. The van der Waals surface area contributed by atoms with Gasteiger partial charge in [-0.3, -0.25) is 0 Å². The van der Waals surface area contributed by atoms with E-state index in [1.165, 1.54) is 37.1 Å². The van der Waals surface area contributed by atoms with Crippen molar-refractivity contribution in [1.82, 2.24) is 4.90 Å². The third kappa shape index (κ3) is 6.09. The van der Waals surface area contributed by atoms with Crippen LogP contribution in [-0.4, -0.2) is 37.7 Å². The fourth-order valence-corrected chi connectivity index (χ4v) is 3.85. The molecule has 0 amide bonds. The summed E-state index contributed by atoms with van der Waals surface area (Å²) in [5, 5.41) is 0. The Morgan fingerprint density at radius 2 is 1.57 bits per heavy atom. The molecule has 2 aromatic rings. The molecule has 2 aromatic carbocycles. The predicted octanol–water partition coefficient (Wildman–Crippen LogP) is 4.52. The lowest BCUT2D eigenvalue weighted by Gasteiger charge is -2.32. The maximum atomic E-state index is 13.3. The zero-order valence-electron chi connectivity index (χ0n) is 16.3. The number of hydrogen-bond acceptors (Lipinski definition) is 3. The normalized spacial score (nSPS) is 17.9. The minimum absolute atomic E-state index is 0.279. The second kappa shape index (κ2) is 10.6. The summed E-state index contributed by atoms with van der Waals surface area (Å²) in [4.78, 5) is 2.50. The van der Waals surface area contributed by atoms with E-state index in [-0.39, 0.29) is 17.7 Å². The van der Waals surface area contributed by atoms with Gasteiger partial charge in [-0.25, -0.2) is 8.78 Å². The molecule has 1 fully saturated rings. The second-order valence-electron chi connectivity index (χ2n) is 7.61. The van der Waals surface area contributed by atoms with Crippen molar-refractivity contribution in [3.05, 3.63) is 71.3 Å². The standard InChI is InChI=1S/C23H30F2N2O/c24-21-9-5-19(6-10-21)23(20-7-11-22(25)12-8-20)28-15-2-1-13-27-14-3-4-18(16-26)17-27/h5-12,18,23H,1-4,13-17,26H2. The molecule has 3 rings (SSSR count). The maximum Gasteiger partial charge on any atom is 0.123 e. The van der Waals surface area contributed by atoms with Crippen molar-refractivity contribution in [2.24, 2.45) is 11.7 Å². The van der Waals surface area contributed by atoms with Crippen LogP contribution in [0.1, 0.15) is 42.9 Å². The van der Waals surface area contributed by atoms with Gasteiger partial charge in [0.25, 0.3) is 0 Å². The average molecular weight is 389 g/mol. The molecule has 1 saturated heterocycles. The van der Waals surface area contributed by atoms with E-state index >= 15 is 0 Å². The summed E-state index contributed by atoms with van der Waals surface area (Å²) in [6.07, 6.45) is 4.17. The van der Waals surface area contributed by atoms with E-state index in [0.717, 1.165) is 50.1 Å². The van der Waals surface area contributed by atoms with Gasteiger partial charge in [0.05, 0.1) is 0 Å². The SMILES string of the molecule is NCC1CCCN(CCCCOC(c2ccc(F)cc2)c2ccc(F)cc2)C1. The molecule has 0 radical (unpaired) electrons. The lowest BCUT2D eigenvalue weighted by molar-refractivity contribution is 0.0738. The summed E-state index contributed by atoms with van der Waals surface area (Å²) in [7, 11) is 0. The maximum absolute atomic E-state index is 13.3. The molecular weight excluding hydrogens is 358 g/mol. The first-order valence-electron chi connectivity index (χ1n) is 10.2. The Morgan fingerprint density at radius 1 is 0.964 bits per heavy atom. The molecule has 1 atom stereocenters. The molecule has 1 aliphatic rings. The van der Waals surface area contributed by atoms with Crippen LogP contribution in [0.4, 0.5) is 8.78 Å². The van der Waals surface area contributed by atoms with E-state index in [9.17, 15) is 8.78 Å². The number of hydrogen-bond donors (Lipinski definition) is 1. The summed E-state index contributed by atoms with van der Waals surface area (Å²) >= 11 is 0. The minimum atomic E-state index is -0.321. The van der Waals surface area contributed by atoms with Crippen LogP contribution in [0.5, 0.6) is 0 Å². The number of halogens is 2. The molecule has 1 aliphatic heterocycles. The van der Waals surface area contributed by atoms with Crippen molar-refractivity contribution >= 4 is 0 Å². The minimum Gasteiger partial charge on any atom is -0.369 e. The zero-order valence-corrected chi connectivity index (χ0v) is 16.3. The van der Waals surface area contributed by atoms with Gasteiger partial charge in [0, 0.05) is 13.2 Å². The van der Waals surface area contributed by atoms with E-state index in [4.69, 9.17) is 10.5 Å². The van der Waals surface area contributed by atoms with Gasteiger partial charge >= 0.3 is 0 Å². The Labute approximate surface area is 166 Å². The van der Waals surface area contributed by atoms with Crippen LogP contribution < -0.4 is 5.73 Å². The first kappa shape index (κ1) is 20.9. The second-order valence-corrected chi connectivity index (χ2v) is 7.61. The van der Waals surface area contributed by atoms with Gasteiger partial charge in [0.2, 0.25) is 0 Å². The van der Waals surface area contributed by atoms with E-state index in [1.807, 2.05) is 0 Å². The van der Waals surface area contributed by atoms with Crippen molar-refractivity contribution in [2.45, 2.75) is 31.8 Å². The zero-order chi connectivity index (χ0) is 19.8. The highest BCUT2D eigenvalue weighted by Gasteiger charge is 2.18. The summed E-state index contributed by atoms with van der Waals surface area (Å²) < 4.78 is 32.7. The van der Waals surface area contributed by atoms with Crippen LogP contribution in [0.2, 0.25) is 0 Å². The Balaban J connectivity index is 1.52. The predicted molar refractivity (Wildman–Crippen MR) is 108 cm³/mol. The Kier molecular flexibility index (Phi) is 7.95. The number of rotatable bonds is 9. The highest BCUT2D eigenvalue weighted by Crippen LogP contribution is 2.27. The van der Waals surface area contributed by atoms with Crippen molar-refractivity contribution in [3.8, 4) is 0 Å². The lowest BCUT2D eigenvalue weighted by atomic mass is 9.98. The first-order valence-corrected chi connectivity index (χ1v) is 10.2. The smallest absolute Gasteiger partial charge is 0.123 e. The number of nitrogens with zero attached hydrogens (tertiary/aromatic N) is 1. The molecule has 5 heteroatoms. The summed E-state index contributed by atoms with van der Waals surface area (Å²) in [6.45, 7) is 4.71. The van der Waals surface area contributed by atoms with Gasteiger partial charge in [-0.1, -0.05) is 24.3 Å². The molecule has 152 valence electrons. The third-order valence-corrected chi connectivity index (χ3v) is 5.44. The van der Waals surface area contributed by atoms with Crippen LogP contribution in [0, 0.1) is 17.6 Å². The highest BCUT2D eigenvalue weighted by molar-refractivity contribution is 5.30. The number of unbranched alkanes of at least 4 members (excludes halogenated alkanes) is 1. The van der Waals surface area contributed by atoms with Gasteiger partial charge in [-0.2, -0.15) is 0 Å². The van der Waals surface area contributed by atoms with E-state index in [0.29, 0.717) is 12.5 Å². The Hall–Kier alpha value is -1.82. The van der Waals surface area contributed by atoms with E-state index < -0.39 is 0 Å². The van der Waals surface area contributed by atoms with E-state index in [2.05, 4.69) is 4.90 Å². The fourth-order valence-electron chi connectivity index (χ4n) is 3.85. The van der Waals surface area contributed by atoms with Crippen molar-refractivity contribution in [3.63, 3.8) is 0 Å². The molecule has 1 unspecified atom stereocenters. The monoisotopic (exact) mass is 388 g/mol. The molecule has 0 aromatic heterocycles. The summed E-state index contributed by atoms with van der Waals surface area (Å²) in [5.41, 5.74) is 7.55. The Morgan fingerprint density at radius 3 is 2.14 bits per heavy atom. The van der Waals surface area contributed by atoms with Gasteiger partial charge in [-0.15, -0.1) is 0 Å². The summed E-state index contributed by atoms with van der Waals surface area (Å²) in [6, 6.07) is 12.6. The largest absolute Gasteiger partial charge is 0.369 e. The van der Waals surface area contributed by atoms with E-state index in [1.54, 1.807) is 24.3 Å². The lowest BCUT2D eigenvalue weighted by Crippen LogP contribution is -2.38.